The minimum absolute atomic E-state index is 0.181. The van der Waals surface area contributed by atoms with Crippen LogP contribution in [-0.2, 0) is 4.74 Å². The molecule has 3 nitrogen and oxygen atoms in total. The van der Waals surface area contributed by atoms with E-state index in [1.54, 1.807) is 11.8 Å². The van der Waals surface area contributed by atoms with Crippen molar-refractivity contribution in [1.82, 2.24) is 5.43 Å². The van der Waals surface area contributed by atoms with Gasteiger partial charge in [0.05, 0.1) is 12.6 Å². The van der Waals surface area contributed by atoms with Crippen molar-refractivity contribution in [3.8, 4) is 0 Å². The molecular weight excluding hydrogens is 172 g/mol. The molecule has 70 valence electrons. The van der Waals surface area contributed by atoms with E-state index < -0.39 is 0 Å². The van der Waals surface area contributed by atoms with Gasteiger partial charge in [-0.15, -0.1) is 0 Å². The average Bonchev–Trinajstić information content (AvgIpc) is 2.15. The highest BCUT2D eigenvalue weighted by Gasteiger charge is 2.15. The van der Waals surface area contributed by atoms with Crippen molar-refractivity contribution < 1.29 is 4.74 Å². The van der Waals surface area contributed by atoms with E-state index >= 15 is 0 Å². The van der Waals surface area contributed by atoms with Gasteiger partial charge >= 0.3 is 0 Å². The van der Waals surface area contributed by atoms with Gasteiger partial charge in [-0.1, -0.05) is 0 Å². The van der Waals surface area contributed by atoms with Crippen LogP contribution in [0.3, 0.4) is 0 Å². The largest absolute Gasteiger partial charge is 0.497 e. The zero-order valence-corrected chi connectivity index (χ0v) is 8.19. The molecule has 0 aromatic heterocycles. The highest BCUT2D eigenvalue weighted by atomic mass is 32.2. The molecule has 1 atom stereocenters. The Balaban J connectivity index is 2.45. The van der Waals surface area contributed by atoms with Crippen LogP contribution in [0, 0.1) is 0 Å². The fourth-order valence-corrected chi connectivity index (χ4v) is 1.79. The van der Waals surface area contributed by atoms with Crippen LogP contribution in [0.4, 0.5) is 0 Å². The molecule has 0 aromatic rings. The van der Waals surface area contributed by atoms with E-state index in [0.29, 0.717) is 0 Å². The molecule has 0 saturated heterocycles. The first-order valence-corrected chi connectivity index (χ1v) is 5.55. The Hall–Kier alpha value is -0.190. The third kappa shape index (κ3) is 2.69. The maximum absolute atomic E-state index is 5.49. The van der Waals surface area contributed by atoms with Crippen LogP contribution < -0.4 is 11.3 Å². The molecule has 0 aliphatic carbocycles. The van der Waals surface area contributed by atoms with Gasteiger partial charge in [-0.2, -0.15) is 11.8 Å². The topological polar surface area (TPSA) is 47.3 Å². The quantitative estimate of drug-likeness (QED) is 0.508. The maximum atomic E-state index is 5.49. The van der Waals surface area contributed by atoms with Crippen molar-refractivity contribution in [2.75, 3.05) is 18.6 Å². The number of rotatable bonds is 4. The normalized spacial score (nSPS) is 19.7. The van der Waals surface area contributed by atoms with Crippen LogP contribution in [0.1, 0.15) is 12.8 Å². The third-order valence-corrected chi connectivity index (χ3v) is 2.51. The van der Waals surface area contributed by atoms with E-state index in [0.717, 1.165) is 31.0 Å². The molecule has 4 heteroatoms. The Morgan fingerprint density at radius 2 is 2.67 bits per heavy atom. The molecule has 12 heavy (non-hydrogen) atoms. The van der Waals surface area contributed by atoms with Crippen molar-refractivity contribution in [3.63, 3.8) is 0 Å². The number of nitrogens with two attached hydrogens (primary N) is 1. The fourth-order valence-electron chi connectivity index (χ4n) is 1.20. The summed E-state index contributed by atoms with van der Waals surface area (Å²) in [7, 11) is 0. The molecule has 0 amide bonds. The first-order chi connectivity index (χ1) is 5.88. The lowest BCUT2D eigenvalue weighted by molar-refractivity contribution is 0.172. The predicted octanol–water partition coefficient (Wildman–Crippen LogP) is 0.876. The second-order valence-electron chi connectivity index (χ2n) is 2.77. The standard InChI is InChI=1S/C8H16N2OS/c1-12-6-7(10-9)8-4-2-3-5-11-8/h4,7,10H,2-3,5-6,9H2,1H3. The van der Waals surface area contributed by atoms with Gasteiger partial charge in [-0.25, -0.2) is 5.43 Å². The van der Waals surface area contributed by atoms with Gasteiger partial charge in [0.25, 0.3) is 0 Å². The zero-order chi connectivity index (χ0) is 8.81. The molecule has 3 N–H and O–H groups in total. The summed E-state index contributed by atoms with van der Waals surface area (Å²) in [5, 5.41) is 0. The van der Waals surface area contributed by atoms with Gasteiger partial charge in [-0.05, 0) is 25.2 Å². The van der Waals surface area contributed by atoms with Crippen LogP contribution in [0.2, 0.25) is 0 Å². The van der Waals surface area contributed by atoms with Gasteiger partial charge in [-0.3, -0.25) is 5.84 Å². The summed E-state index contributed by atoms with van der Waals surface area (Å²) in [5.74, 6) is 7.38. The molecule has 1 aliphatic heterocycles. The summed E-state index contributed by atoms with van der Waals surface area (Å²) < 4.78 is 5.49. The number of allylic oxidation sites excluding steroid dienone is 1. The second kappa shape index (κ2) is 5.45. The van der Waals surface area contributed by atoms with Gasteiger partial charge in [0, 0.05) is 5.75 Å². The third-order valence-electron chi connectivity index (χ3n) is 1.84. The molecular formula is C8H16N2OS. The fraction of sp³-hybridized carbons (Fsp3) is 0.750. The van der Waals surface area contributed by atoms with Crippen LogP contribution in [-0.4, -0.2) is 24.7 Å². The maximum Gasteiger partial charge on any atom is 0.111 e. The van der Waals surface area contributed by atoms with Crippen molar-refractivity contribution in [3.05, 3.63) is 11.8 Å². The zero-order valence-electron chi connectivity index (χ0n) is 7.38. The Morgan fingerprint density at radius 1 is 1.83 bits per heavy atom. The van der Waals surface area contributed by atoms with E-state index in [2.05, 4.69) is 17.8 Å². The molecule has 1 heterocycles. The smallest absolute Gasteiger partial charge is 0.111 e. The molecule has 0 fully saturated rings. The van der Waals surface area contributed by atoms with Crippen molar-refractivity contribution in [2.45, 2.75) is 18.9 Å². The molecule has 1 unspecified atom stereocenters. The van der Waals surface area contributed by atoms with Gasteiger partial charge in [0.1, 0.15) is 5.76 Å². The van der Waals surface area contributed by atoms with E-state index in [4.69, 9.17) is 10.6 Å². The summed E-state index contributed by atoms with van der Waals surface area (Å²) in [4.78, 5) is 0. The Labute approximate surface area is 77.7 Å². The first kappa shape index (κ1) is 9.89. The highest BCUT2D eigenvalue weighted by Crippen LogP contribution is 2.15. The Morgan fingerprint density at radius 3 is 3.17 bits per heavy atom. The number of hydrogen-bond acceptors (Lipinski definition) is 4. The predicted molar refractivity (Wildman–Crippen MR) is 52.8 cm³/mol. The van der Waals surface area contributed by atoms with Crippen molar-refractivity contribution in [1.29, 1.82) is 0 Å². The summed E-state index contributed by atoms with van der Waals surface area (Å²) in [5.41, 5.74) is 2.76. The molecule has 0 spiro atoms. The molecule has 0 aromatic carbocycles. The lowest BCUT2D eigenvalue weighted by Gasteiger charge is -2.22. The van der Waals surface area contributed by atoms with E-state index in [9.17, 15) is 0 Å². The van der Waals surface area contributed by atoms with Gasteiger partial charge in [0.15, 0.2) is 0 Å². The summed E-state index contributed by atoms with van der Waals surface area (Å²) >= 11 is 1.76. The van der Waals surface area contributed by atoms with Crippen molar-refractivity contribution >= 4 is 11.8 Å². The van der Waals surface area contributed by atoms with Gasteiger partial charge < -0.3 is 4.74 Å². The van der Waals surface area contributed by atoms with E-state index in [1.165, 1.54) is 0 Å². The lowest BCUT2D eigenvalue weighted by Crippen LogP contribution is -2.39. The monoisotopic (exact) mass is 188 g/mol. The SMILES string of the molecule is CSCC(NN)C1=CCCCO1. The molecule has 0 radical (unpaired) electrons. The Bertz CT molecular complexity index is 161. The summed E-state index contributed by atoms with van der Waals surface area (Å²) in [6.45, 7) is 0.832. The lowest BCUT2D eigenvalue weighted by atomic mass is 10.2. The molecule has 0 saturated carbocycles. The van der Waals surface area contributed by atoms with Crippen LogP contribution in [0.25, 0.3) is 0 Å². The van der Waals surface area contributed by atoms with Crippen molar-refractivity contribution in [2.24, 2.45) is 5.84 Å². The second-order valence-corrected chi connectivity index (χ2v) is 3.68. The number of hydrazine groups is 1. The highest BCUT2D eigenvalue weighted by molar-refractivity contribution is 7.98. The molecule has 1 rings (SSSR count). The van der Waals surface area contributed by atoms with Crippen LogP contribution in [0.5, 0.6) is 0 Å². The molecule has 1 aliphatic rings. The van der Waals surface area contributed by atoms with Crippen LogP contribution in [0.15, 0.2) is 11.8 Å². The van der Waals surface area contributed by atoms with E-state index in [1.807, 2.05) is 0 Å². The van der Waals surface area contributed by atoms with Crippen LogP contribution >= 0.6 is 11.8 Å². The first-order valence-electron chi connectivity index (χ1n) is 4.16. The number of thioether (sulfide) groups is 1. The summed E-state index contributed by atoms with van der Waals surface area (Å²) in [6.07, 6.45) is 6.43. The minimum Gasteiger partial charge on any atom is -0.497 e. The number of ether oxygens (including phenoxy) is 1. The van der Waals surface area contributed by atoms with Gasteiger partial charge in [0.2, 0.25) is 0 Å². The average molecular weight is 188 g/mol. The number of hydrogen-bond donors (Lipinski definition) is 2. The molecule has 0 bridgehead atoms. The Kier molecular flexibility index (Phi) is 4.50. The number of nitrogens with one attached hydrogen (secondary N) is 1. The minimum atomic E-state index is 0.181. The summed E-state index contributed by atoms with van der Waals surface area (Å²) in [6, 6.07) is 0.181. The van der Waals surface area contributed by atoms with E-state index in [-0.39, 0.29) is 6.04 Å².